The third-order valence-electron chi connectivity index (χ3n) is 4.15. The molecule has 0 aliphatic heterocycles. The Labute approximate surface area is 164 Å². The van der Waals surface area contributed by atoms with E-state index < -0.39 is 7.77 Å². The first-order valence-electron chi connectivity index (χ1n) is 8.69. The standard InChI is InChI=1S/C21H23NO3PS/c1-22(21(23)25-26(2)3)14-13-19(20-12-7-15-27-20)24-18-11-6-9-16-8-4-5-10-17(16)18/h4-12,15,19H,2,13-14H2,1,3H3/q+1. The fourth-order valence-electron chi connectivity index (χ4n) is 2.79. The zero-order valence-electron chi connectivity index (χ0n) is 15.5. The molecule has 1 aromatic heterocycles. The van der Waals surface area contributed by atoms with Crippen molar-refractivity contribution in [2.75, 3.05) is 20.3 Å². The van der Waals surface area contributed by atoms with E-state index >= 15 is 0 Å². The lowest BCUT2D eigenvalue weighted by Crippen LogP contribution is -2.28. The zero-order valence-corrected chi connectivity index (χ0v) is 17.2. The fourth-order valence-corrected chi connectivity index (χ4v) is 3.99. The van der Waals surface area contributed by atoms with Gasteiger partial charge in [0.25, 0.3) is 0 Å². The number of carbonyl (C=O) groups excluding carboxylic acids is 1. The molecule has 0 radical (unpaired) electrons. The maximum atomic E-state index is 12.0. The predicted molar refractivity (Wildman–Crippen MR) is 115 cm³/mol. The van der Waals surface area contributed by atoms with Crippen molar-refractivity contribution in [1.29, 1.82) is 0 Å². The molecule has 0 saturated heterocycles. The highest BCUT2D eigenvalue weighted by molar-refractivity contribution is 7.50. The minimum atomic E-state index is -0.965. The fraction of sp³-hybridized carbons (Fsp3) is 0.238. The first-order valence-corrected chi connectivity index (χ1v) is 11.5. The molecule has 4 nitrogen and oxygen atoms in total. The number of ether oxygens (including phenoxy) is 1. The summed E-state index contributed by atoms with van der Waals surface area (Å²) < 4.78 is 11.6. The lowest BCUT2D eigenvalue weighted by Gasteiger charge is -2.22. The van der Waals surface area contributed by atoms with Crippen molar-refractivity contribution in [3.8, 4) is 5.75 Å². The molecule has 6 heteroatoms. The second kappa shape index (κ2) is 9.03. The Morgan fingerprint density at radius 1 is 1.19 bits per heavy atom. The summed E-state index contributed by atoms with van der Waals surface area (Å²) >= 11 is 1.66. The van der Waals surface area contributed by atoms with Gasteiger partial charge in [-0.15, -0.1) is 11.3 Å². The molecule has 0 saturated carbocycles. The minimum absolute atomic E-state index is 0.131. The van der Waals surface area contributed by atoms with Gasteiger partial charge in [0.1, 0.15) is 24.8 Å². The molecule has 3 rings (SSSR count). The van der Waals surface area contributed by atoms with Crippen molar-refractivity contribution in [2.45, 2.75) is 12.5 Å². The van der Waals surface area contributed by atoms with Crippen LogP contribution < -0.4 is 4.74 Å². The Bertz CT molecular complexity index is 921. The molecule has 0 aliphatic carbocycles. The van der Waals surface area contributed by atoms with E-state index in [0.29, 0.717) is 13.0 Å². The molecule has 27 heavy (non-hydrogen) atoms. The summed E-state index contributed by atoms with van der Waals surface area (Å²) in [4.78, 5) is 14.7. The average Bonchev–Trinajstić information content (AvgIpc) is 3.19. The number of fused-ring (bicyclic) bond motifs is 1. The van der Waals surface area contributed by atoms with E-state index in [1.54, 1.807) is 29.9 Å². The summed E-state index contributed by atoms with van der Waals surface area (Å²) in [6, 6.07) is 18.3. The van der Waals surface area contributed by atoms with Gasteiger partial charge in [0.05, 0.1) is 0 Å². The van der Waals surface area contributed by atoms with E-state index in [4.69, 9.17) is 9.26 Å². The van der Waals surface area contributed by atoms with Crippen LogP contribution in [0.25, 0.3) is 10.8 Å². The monoisotopic (exact) mass is 400 g/mol. The highest BCUT2D eigenvalue weighted by atomic mass is 32.1. The molecule has 140 valence electrons. The van der Waals surface area contributed by atoms with Crippen LogP contribution >= 0.6 is 19.1 Å². The lowest BCUT2D eigenvalue weighted by molar-refractivity contribution is 0.151. The van der Waals surface area contributed by atoms with Gasteiger partial charge in [0.15, 0.2) is 0 Å². The molecule has 1 heterocycles. The van der Waals surface area contributed by atoms with Gasteiger partial charge in [-0.05, 0) is 22.9 Å². The van der Waals surface area contributed by atoms with Crippen molar-refractivity contribution in [3.63, 3.8) is 0 Å². The van der Waals surface area contributed by atoms with E-state index in [1.165, 1.54) is 0 Å². The molecule has 0 fully saturated rings. The molecule has 2 atom stereocenters. The smallest absolute Gasteiger partial charge is 0.456 e. The van der Waals surface area contributed by atoms with Crippen molar-refractivity contribution in [2.24, 2.45) is 0 Å². The topological polar surface area (TPSA) is 38.8 Å². The second-order valence-corrected chi connectivity index (χ2v) is 8.71. The van der Waals surface area contributed by atoms with Crippen LogP contribution in [0.4, 0.5) is 4.79 Å². The third kappa shape index (κ3) is 5.09. The number of benzene rings is 2. The summed E-state index contributed by atoms with van der Waals surface area (Å²) in [5, 5.41) is 4.27. The van der Waals surface area contributed by atoms with E-state index in [1.807, 2.05) is 35.7 Å². The summed E-state index contributed by atoms with van der Waals surface area (Å²) in [5.41, 5.74) is 0. The minimum Gasteiger partial charge on any atom is -0.484 e. The number of nitrogens with zero attached hydrogens (tertiary/aromatic N) is 1. The van der Waals surface area contributed by atoms with Crippen molar-refractivity contribution in [3.05, 3.63) is 64.9 Å². The van der Waals surface area contributed by atoms with Gasteiger partial charge < -0.3 is 9.64 Å². The average molecular weight is 400 g/mol. The molecular weight excluding hydrogens is 377 g/mol. The quantitative estimate of drug-likeness (QED) is 0.461. The first-order chi connectivity index (χ1) is 13.0. The highest BCUT2D eigenvalue weighted by Crippen LogP contribution is 2.33. The Hall–Kier alpha value is -2.36. The SMILES string of the molecule is C=[P+](C)OC(=O)N(C)CCC(Oc1cccc2ccccc12)c1cccs1. The van der Waals surface area contributed by atoms with Gasteiger partial charge in [-0.3, -0.25) is 0 Å². The number of hydrogen-bond donors (Lipinski definition) is 0. The summed E-state index contributed by atoms with van der Waals surface area (Å²) in [6.45, 7) is 2.34. The van der Waals surface area contributed by atoms with Crippen LogP contribution in [0.3, 0.4) is 0 Å². The van der Waals surface area contributed by atoms with Gasteiger partial charge in [-0.1, -0.05) is 42.5 Å². The van der Waals surface area contributed by atoms with Crippen LogP contribution in [0.2, 0.25) is 0 Å². The van der Waals surface area contributed by atoms with Crippen LogP contribution in [0.1, 0.15) is 17.4 Å². The third-order valence-corrected chi connectivity index (χ3v) is 5.58. The van der Waals surface area contributed by atoms with Crippen molar-refractivity contribution in [1.82, 2.24) is 4.90 Å². The van der Waals surface area contributed by atoms with Crippen molar-refractivity contribution >= 4 is 42.3 Å². The van der Waals surface area contributed by atoms with Crippen LogP contribution in [-0.4, -0.2) is 37.5 Å². The Morgan fingerprint density at radius 3 is 2.70 bits per heavy atom. The number of hydrogen-bond acceptors (Lipinski definition) is 4. The Balaban J connectivity index is 1.76. The first kappa shape index (κ1) is 19.4. The maximum absolute atomic E-state index is 12.0. The number of amides is 1. The highest BCUT2D eigenvalue weighted by Gasteiger charge is 2.21. The molecule has 0 N–H and O–H groups in total. The van der Waals surface area contributed by atoms with Gasteiger partial charge in [0.2, 0.25) is 0 Å². The van der Waals surface area contributed by atoms with Crippen molar-refractivity contribution < 1.29 is 14.1 Å². The van der Waals surface area contributed by atoms with E-state index in [9.17, 15) is 4.79 Å². The van der Waals surface area contributed by atoms with Gasteiger partial charge in [0, 0.05) is 30.3 Å². The van der Waals surface area contributed by atoms with Crippen LogP contribution in [0.5, 0.6) is 5.75 Å². The number of rotatable bonds is 7. The molecule has 0 spiro atoms. The van der Waals surface area contributed by atoms with E-state index in [2.05, 4.69) is 30.6 Å². The Kier molecular flexibility index (Phi) is 6.49. The molecular formula is C21H23NO3PS+. The molecule has 0 aliphatic rings. The second-order valence-electron chi connectivity index (χ2n) is 6.29. The van der Waals surface area contributed by atoms with Gasteiger partial charge in [-0.2, -0.15) is 0 Å². The molecule has 0 bridgehead atoms. The van der Waals surface area contributed by atoms with E-state index in [0.717, 1.165) is 21.4 Å². The summed E-state index contributed by atoms with van der Waals surface area (Å²) in [7, 11) is 0.776. The lowest BCUT2D eigenvalue weighted by atomic mass is 10.1. The largest absolute Gasteiger partial charge is 0.484 e. The maximum Gasteiger partial charge on any atom is 0.456 e. The van der Waals surface area contributed by atoms with Gasteiger partial charge >= 0.3 is 13.9 Å². The molecule has 2 unspecified atom stereocenters. The Morgan fingerprint density at radius 2 is 1.96 bits per heavy atom. The number of carbonyl (C=O) groups is 1. The normalized spacial score (nSPS) is 12.4. The molecule has 2 aromatic carbocycles. The molecule has 1 amide bonds. The molecule has 3 aromatic rings. The van der Waals surface area contributed by atoms with Crippen LogP contribution in [0.15, 0.2) is 60.0 Å². The summed E-state index contributed by atoms with van der Waals surface area (Å²) in [5.74, 6) is 0.853. The number of thiophene rings is 1. The van der Waals surface area contributed by atoms with Crippen LogP contribution in [0, 0.1) is 0 Å². The zero-order chi connectivity index (χ0) is 19.2. The van der Waals surface area contributed by atoms with Gasteiger partial charge in [-0.25, -0.2) is 9.32 Å². The van der Waals surface area contributed by atoms with Crippen LogP contribution in [-0.2, 0) is 4.52 Å². The predicted octanol–water partition coefficient (Wildman–Crippen LogP) is 5.94. The summed E-state index contributed by atoms with van der Waals surface area (Å²) in [6.07, 6.45) is 3.96. The van der Waals surface area contributed by atoms with E-state index in [-0.39, 0.29) is 12.2 Å².